The van der Waals surface area contributed by atoms with Crippen molar-refractivity contribution in [3.8, 4) is 0 Å². The van der Waals surface area contributed by atoms with E-state index in [9.17, 15) is 0 Å². The molecule has 0 spiro atoms. The average Bonchev–Trinajstić information content (AvgIpc) is 2.95. The molecule has 1 heterocycles. The van der Waals surface area contributed by atoms with Crippen LogP contribution in [0.5, 0.6) is 0 Å². The zero-order valence-electron chi connectivity index (χ0n) is 14.0. The van der Waals surface area contributed by atoms with Crippen molar-refractivity contribution in [2.45, 2.75) is 78.3 Å². The molecule has 4 nitrogen and oxygen atoms in total. The van der Waals surface area contributed by atoms with Crippen LogP contribution in [-0.4, -0.2) is 21.5 Å². The van der Waals surface area contributed by atoms with E-state index in [4.69, 9.17) is 0 Å². The molecule has 1 fully saturated rings. The Morgan fingerprint density at radius 1 is 1.19 bits per heavy atom. The van der Waals surface area contributed by atoms with Crippen molar-refractivity contribution in [2.75, 3.05) is 6.54 Å². The first-order valence-corrected chi connectivity index (χ1v) is 8.91. The van der Waals surface area contributed by atoms with Gasteiger partial charge in [0.1, 0.15) is 0 Å². The van der Waals surface area contributed by atoms with Gasteiger partial charge in [0, 0.05) is 6.54 Å². The van der Waals surface area contributed by atoms with Gasteiger partial charge in [0.05, 0.1) is 17.9 Å². The summed E-state index contributed by atoms with van der Waals surface area (Å²) in [5, 5.41) is 12.1. The predicted molar refractivity (Wildman–Crippen MR) is 87.1 cm³/mol. The molecule has 120 valence electrons. The van der Waals surface area contributed by atoms with Crippen LogP contribution in [0.15, 0.2) is 6.20 Å². The molecule has 0 amide bonds. The Labute approximate surface area is 129 Å². The normalized spacial score (nSPS) is 24.1. The summed E-state index contributed by atoms with van der Waals surface area (Å²) in [6.45, 7) is 8.69. The van der Waals surface area contributed by atoms with Crippen molar-refractivity contribution in [3.05, 3.63) is 11.9 Å². The van der Waals surface area contributed by atoms with Crippen LogP contribution in [0.2, 0.25) is 0 Å². The van der Waals surface area contributed by atoms with Gasteiger partial charge in [0.2, 0.25) is 0 Å². The van der Waals surface area contributed by atoms with Gasteiger partial charge in [-0.2, -0.15) is 0 Å². The molecule has 1 saturated carbocycles. The molecule has 2 rings (SSSR count). The van der Waals surface area contributed by atoms with E-state index in [1.807, 2.05) is 6.20 Å². The molecular formula is C17H32N4. The lowest BCUT2D eigenvalue weighted by molar-refractivity contribution is 0.209. The van der Waals surface area contributed by atoms with Crippen LogP contribution in [-0.2, 0) is 6.54 Å². The van der Waals surface area contributed by atoms with Crippen molar-refractivity contribution >= 4 is 0 Å². The Morgan fingerprint density at radius 2 is 1.95 bits per heavy atom. The lowest BCUT2D eigenvalue weighted by atomic mass is 9.76. The summed E-state index contributed by atoms with van der Waals surface area (Å²) in [5.74, 6) is 1.71. The number of nitrogens with one attached hydrogen (secondary N) is 1. The monoisotopic (exact) mass is 292 g/mol. The molecule has 0 radical (unpaired) electrons. The molecule has 0 aromatic carbocycles. The molecule has 1 aliphatic rings. The Bertz CT molecular complexity index is 393. The highest BCUT2D eigenvalue weighted by Gasteiger charge is 2.29. The Balaban J connectivity index is 2.03. The molecule has 1 atom stereocenters. The van der Waals surface area contributed by atoms with Crippen molar-refractivity contribution < 1.29 is 0 Å². The van der Waals surface area contributed by atoms with E-state index in [-0.39, 0.29) is 0 Å². The van der Waals surface area contributed by atoms with E-state index in [0.29, 0.717) is 6.04 Å². The minimum Gasteiger partial charge on any atom is -0.309 e. The van der Waals surface area contributed by atoms with E-state index in [0.717, 1.165) is 31.3 Å². The van der Waals surface area contributed by atoms with Crippen molar-refractivity contribution in [1.82, 2.24) is 20.3 Å². The zero-order chi connectivity index (χ0) is 15.1. The van der Waals surface area contributed by atoms with Gasteiger partial charge in [-0.05, 0) is 37.6 Å². The summed E-state index contributed by atoms with van der Waals surface area (Å²) in [6, 6.07) is 0.430. The first-order chi connectivity index (χ1) is 10.3. The van der Waals surface area contributed by atoms with Gasteiger partial charge in [-0.3, -0.25) is 0 Å². The second-order valence-corrected chi connectivity index (χ2v) is 6.49. The maximum atomic E-state index is 4.27. The van der Waals surface area contributed by atoms with Crippen LogP contribution in [0, 0.1) is 11.8 Å². The zero-order valence-corrected chi connectivity index (χ0v) is 14.0. The van der Waals surface area contributed by atoms with Crippen molar-refractivity contribution in [1.29, 1.82) is 0 Å². The minimum atomic E-state index is 0.430. The molecule has 1 unspecified atom stereocenters. The maximum Gasteiger partial charge on any atom is 0.0759 e. The summed E-state index contributed by atoms with van der Waals surface area (Å²) in [6.07, 6.45) is 11.3. The number of aromatic nitrogens is 3. The van der Waals surface area contributed by atoms with E-state index >= 15 is 0 Å². The van der Waals surface area contributed by atoms with Crippen LogP contribution < -0.4 is 5.32 Å². The SMILES string of the molecule is CCCC1CCC(C(NCC)c2cnnn2CCC)CC1. The summed E-state index contributed by atoms with van der Waals surface area (Å²) < 4.78 is 2.10. The molecule has 0 aliphatic heterocycles. The number of hydrogen-bond acceptors (Lipinski definition) is 3. The molecule has 21 heavy (non-hydrogen) atoms. The lowest BCUT2D eigenvalue weighted by Gasteiger charge is -2.34. The van der Waals surface area contributed by atoms with Gasteiger partial charge in [0.15, 0.2) is 0 Å². The number of hydrogen-bond donors (Lipinski definition) is 1. The van der Waals surface area contributed by atoms with E-state index in [2.05, 4.69) is 41.1 Å². The molecule has 1 N–H and O–H groups in total. The largest absolute Gasteiger partial charge is 0.309 e. The first kappa shape index (κ1) is 16.5. The highest BCUT2D eigenvalue weighted by Crippen LogP contribution is 2.38. The standard InChI is InChI=1S/C17H32N4/c1-4-7-14-8-10-15(11-9-14)17(18-6-3)16-13-19-20-21(16)12-5-2/h13-15,17-18H,4-12H2,1-3H3. The molecule has 1 aromatic rings. The van der Waals surface area contributed by atoms with Gasteiger partial charge >= 0.3 is 0 Å². The predicted octanol–water partition coefficient (Wildman–Crippen LogP) is 3.95. The quantitative estimate of drug-likeness (QED) is 0.789. The third-order valence-corrected chi connectivity index (χ3v) is 4.89. The van der Waals surface area contributed by atoms with E-state index < -0.39 is 0 Å². The van der Waals surface area contributed by atoms with Gasteiger partial charge in [-0.15, -0.1) is 5.10 Å². The van der Waals surface area contributed by atoms with Crippen LogP contribution in [0.25, 0.3) is 0 Å². The first-order valence-electron chi connectivity index (χ1n) is 8.91. The molecule has 1 aliphatic carbocycles. The average molecular weight is 292 g/mol. The molecule has 1 aromatic heterocycles. The minimum absolute atomic E-state index is 0.430. The number of aryl methyl sites for hydroxylation is 1. The smallest absolute Gasteiger partial charge is 0.0759 e. The summed E-state index contributed by atoms with van der Waals surface area (Å²) in [7, 11) is 0. The third kappa shape index (κ3) is 4.29. The number of rotatable bonds is 8. The van der Waals surface area contributed by atoms with Crippen molar-refractivity contribution in [2.24, 2.45) is 11.8 Å². The molecule has 0 saturated heterocycles. The van der Waals surface area contributed by atoms with Gasteiger partial charge in [-0.1, -0.05) is 51.7 Å². The summed E-state index contributed by atoms with van der Waals surface area (Å²) in [5.41, 5.74) is 1.29. The Kier molecular flexibility index (Phi) is 6.68. The highest BCUT2D eigenvalue weighted by molar-refractivity contribution is 5.05. The molecular weight excluding hydrogens is 260 g/mol. The van der Waals surface area contributed by atoms with Crippen LogP contribution in [0.4, 0.5) is 0 Å². The fourth-order valence-electron chi connectivity index (χ4n) is 3.84. The maximum absolute atomic E-state index is 4.27. The Hall–Kier alpha value is -0.900. The van der Waals surface area contributed by atoms with Gasteiger partial charge in [0.25, 0.3) is 0 Å². The number of nitrogens with zero attached hydrogens (tertiary/aromatic N) is 3. The van der Waals surface area contributed by atoms with Gasteiger partial charge in [-0.25, -0.2) is 4.68 Å². The third-order valence-electron chi connectivity index (χ3n) is 4.89. The summed E-state index contributed by atoms with van der Waals surface area (Å²) in [4.78, 5) is 0. The van der Waals surface area contributed by atoms with Crippen LogP contribution in [0.3, 0.4) is 0 Å². The molecule has 0 bridgehead atoms. The van der Waals surface area contributed by atoms with Crippen LogP contribution in [0.1, 0.15) is 77.5 Å². The topological polar surface area (TPSA) is 42.7 Å². The Morgan fingerprint density at radius 3 is 2.57 bits per heavy atom. The molecule has 4 heteroatoms. The van der Waals surface area contributed by atoms with Crippen molar-refractivity contribution in [3.63, 3.8) is 0 Å². The fourth-order valence-corrected chi connectivity index (χ4v) is 3.84. The van der Waals surface area contributed by atoms with Crippen LogP contribution >= 0.6 is 0 Å². The fraction of sp³-hybridized carbons (Fsp3) is 0.882. The lowest BCUT2D eigenvalue weighted by Crippen LogP contribution is -2.32. The highest BCUT2D eigenvalue weighted by atomic mass is 15.4. The van der Waals surface area contributed by atoms with E-state index in [1.54, 1.807) is 0 Å². The second-order valence-electron chi connectivity index (χ2n) is 6.49. The second kappa shape index (κ2) is 8.52. The van der Waals surface area contributed by atoms with Gasteiger partial charge < -0.3 is 5.32 Å². The summed E-state index contributed by atoms with van der Waals surface area (Å²) >= 11 is 0. The van der Waals surface area contributed by atoms with E-state index in [1.165, 1.54) is 44.2 Å².